The molecule has 0 radical (unpaired) electrons. The van der Waals surface area contributed by atoms with Gasteiger partial charge < -0.3 is 15.7 Å². The molecule has 0 spiro atoms. The third-order valence-electron chi connectivity index (χ3n) is 4.12. The molecule has 0 fully saturated rings. The van der Waals surface area contributed by atoms with Crippen molar-refractivity contribution in [1.82, 2.24) is 15.5 Å². The lowest BCUT2D eigenvalue weighted by atomic mass is 10.1. The van der Waals surface area contributed by atoms with E-state index in [-0.39, 0.29) is 6.04 Å². The average molecular weight is 310 g/mol. The van der Waals surface area contributed by atoms with Crippen LogP contribution in [0, 0.1) is 0 Å². The molecule has 2 heterocycles. The quantitative estimate of drug-likeness (QED) is 0.670. The predicted molar refractivity (Wildman–Crippen MR) is 88.6 cm³/mol. The zero-order chi connectivity index (χ0) is 15.6. The molecule has 23 heavy (non-hydrogen) atoms. The van der Waals surface area contributed by atoms with Crippen LogP contribution in [0.2, 0.25) is 0 Å². The Bertz CT molecular complexity index is 752. The molecule has 4 rings (SSSR count). The molecule has 1 aliphatic heterocycles. The lowest BCUT2D eigenvalue weighted by Crippen LogP contribution is -2.35. The molecule has 0 amide bonds. The van der Waals surface area contributed by atoms with Gasteiger partial charge in [0.05, 0.1) is 18.3 Å². The van der Waals surface area contributed by atoms with Gasteiger partial charge in [0.2, 0.25) is 5.96 Å². The number of aliphatic hydroxyl groups excluding tert-OH is 1. The first-order valence-electron chi connectivity index (χ1n) is 7.70. The summed E-state index contributed by atoms with van der Waals surface area (Å²) in [6.45, 7) is 0.659. The molecule has 4 N–H and O–H groups in total. The highest BCUT2D eigenvalue weighted by atomic mass is 16.3. The number of hydrogen-bond donors (Lipinski definition) is 4. The molecular formula is C16H18N6O. The summed E-state index contributed by atoms with van der Waals surface area (Å²) < 4.78 is 0. The number of rotatable bonds is 2. The summed E-state index contributed by atoms with van der Waals surface area (Å²) in [5, 5.41) is 23.5. The number of aliphatic hydroxyl groups is 1. The van der Waals surface area contributed by atoms with Crippen molar-refractivity contribution in [1.29, 1.82) is 0 Å². The van der Waals surface area contributed by atoms with Gasteiger partial charge in [0.15, 0.2) is 0 Å². The minimum Gasteiger partial charge on any atom is -0.390 e. The van der Waals surface area contributed by atoms with Crippen LogP contribution < -0.4 is 10.6 Å². The van der Waals surface area contributed by atoms with Gasteiger partial charge in [0, 0.05) is 25.5 Å². The van der Waals surface area contributed by atoms with Crippen molar-refractivity contribution in [2.45, 2.75) is 25.0 Å². The summed E-state index contributed by atoms with van der Waals surface area (Å²) >= 11 is 0. The maximum Gasteiger partial charge on any atom is 0.220 e. The van der Waals surface area contributed by atoms with Crippen molar-refractivity contribution in [3.05, 3.63) is 47.7 Å². The van der Waals surface area contributed by atoms with Crippen molar-refractivity contribution >= 4 is 17.6 Å². The van der Waals surface area contributed by atoms with Gasteiger partial charge in [-0.25, -0.2) is 4.99 Å². The van der Waals surface area contributed by atoms with Crippen molar-refractivity contribution in [3.63, 3.8) is 0 Å². The number of hydrogen-bond acceptors (Lipinski definition) is 6. The Morgan fingerprint density at radius 1 is 1.22 bits per heavy atom. The van der Waals surface area contributed by atoms with Crippen LogP contribution in [0.25, 0.3) is 0 Å². The van der Waals surface area contributed by atoms with Crippen molar-refractivity contribution in [2.75, 3.05) is 11.9 Å². The van der Waals surface area contributed by atoms with Crippen LogP contribution in [0.15, 0.2) is 46.5 Å². The van der Waals surface area contributed by atoms with E-state index in [9.17, 15) is 5.11 Å². The minimum atomic E-state index is -0.462. The molecule has 2 atom stereocenters. The fourth-order valence-electron chi connectivity index (χ4n) is 3.02. The molecule has 7 nitrogen and oxygen atoms in total. The van der Waals surface area contributed by atoms with Crippen LogP contribution in [0.5, 0.6) is 0 Å². The number of nitrogens with zero attached hydrogens (tertiary/aromatic N) is 3. The van der Waals surface area contributed by atoms with Crippen molar-refractivity contribution in [3.8, 4) is 0 Å². The zero-order valence-electron chi connectivity index (χ0n) is 12.5. The average Bonchev–Trinajstić information content (AvgIpc) is 3.17. The van der Waals surface area contributed by atoms with Crippen LogP contribution >= 0.6 is 0 Å². The SMILES string of the molecule is O[C@H]1Cc2ccccc2[C@@H]1NC1=NCCC(Nc2ccn[nH]2)=N1. The Balaban J connectivity index is 1.50. The molecule has 1 aromatic carbocycles. The Morgan fingerprint density at radius 2 is 2.13 bits per heavy atom. The molecular weight excluding hydrogens is 292 g/mol. The lowest BCUT2D eigenvalue weighted by Gasteiger charge is -2.21. The topological polar surface area (TPSA) is 97.7 Å². The fraction of sp³-hybridized carbons (Fsp3) is 0.312. The van der Waals surface area contributed by atoms with Gasteiger partial charge in [0.1, 0.15) is 11.7 Å². The van der Waals surface area contributed by atoms with E-state index in [0.29, 0.717) is 18.9 Å². The lowest BCUT2D eigenvalue weighted by molar-refractivity contribution is 0.150. The minimum absolute atomic E-state index is 0.166. The first kappa shape index (κ1) is 14.0. The third-order valence-corrected chi connectivity index (χ3v) is 4.12. The Labute approximate surface area is 133 Å². The van der Waals surface area contributed by atoms with E-state index in [4.69, 9.17) is 0 Å². The van der Waals surface area contributed by atoms with Gasteiger partial charge in [-0.2, -0.15) is 5.10 Å². The monoisotopic (exact) mass is 310 g/mol. The maximum absolute atomic E-state index is 10.3. The fourth-order valence-corrected chi connectivity index (χ4v) is 3.02. The number of aromatic amines is 1. The molecule has 118 valence electrons. The number of H-pyrrole nitrogens is 1. The summed E-state index contributed by atoms with van der Waals surface area (Å²) in [4.78, 5) is 8.93. The second-order valence-corrected chi connectivity index (χ2v) is 5.70. The van der Waals surface area contributed by atoms with Gasteiger partial charge in [-0.05, 0) is 11.1 Å². The molecule has 1 aliphatic carbocycles. The third kappa shape index (κ3) is 2.83. The largest absolute Gasteiger partial charge is 0.390 e. The summed E-state index contributed by atoms with van der Waals surface area (Å²) in [7, 11) is 0. The van der Waals surface area contributed by atoms with Crippen LogP contribution in [-0.4, -0.2) is 39.7 Å². The highest BCUT2D eigenvalue weighted by Crippen LogP contribution is 2.31. The van der Waals surface area contributed by atoms with Gasteiger partial charge in [0.25, 0.3) is 0 Å². The van der Waals surface area contributed by atoms with Gasteiger partial charge in [-0.3, -0.25) is 10.1 Å². The number of guanidine groups is 1. The standard InChI is InChI=1S/C16H18N6O/c23-12-9-10-3-1-2-4-11(10)15(12)21-16-17-7-5-13(20-16)19-14-6-8-18-22-14/h1-4,6,8,12,15,23H,5,7,9H2,(H3,17,18,19,20,21,22)/t12-,15-/m0/s1. The first-order chi connectivity index (χ1) is 11.3. The van der Waals surface area contributed by atoms with E-state index in [0.717, 1.165) is 23.6 Å². The van der Waals surface area contributed by atoms with Gasteiger partial charge in [-0.15, -0.1) is 0 Å². The maximum atomic E-state index is 10.3. The van der Waals surface area contributed by atoms with E-state index in [1.54, 1.807) is 6.20 Å². The molecule has 0 bridgehead atoms. The molecule has 0 saturated carbocycles. The number of amidine groups is 1. The van der Waals surface area contributed by atoms with E-state index in [2.05, 4.69) is 36.9 Å². The number of benzene rings is 1. The Kier molecular flexibility index (Phi) is 3.55. The van der Waals surface area contributed by atoms with E-state index >= 15 is 0 Å². The van der Waals surface area contributed by atoms with Crippen LogP contribution in [0.4, 0.5) is 5.82 Å². The van der Waals surface area contributed by atoms with Crippen molar-refractivity contribution < 1.29 is 5.11 Å². The molecule has 7 heteroatoms. The molecule has 2 aromatic rings. The highest BCUT2D eigenvalue weighted by molar-refractivity contribution is 6.04. The Morgan fingerprint density at radius 3 is 3.00 bits per heavy atom. The zero-order valence-corrected chi connectivity index (χ0v) is 12.5. The number of fused-ring (bicyclic) bond motifs is 1. The molecule has 1 aromatic heterocycles. The predicted octanol–water partition coefficient (Wildman–Crippen LogP) is 1.23. The van der Waals surface area contributed by atoms with E-state index in [1.807, 2.05) is 24.3 Å². The highest BCUT2D eigenvalue weighted by Gasteiger charge is 2.31. The number of nitrogens with one attached hydrogen (secondary N) is 3. The molecule has 2 aliphatic rings. The van der Waals surface area contributed by atoms with E-state index < -0.39 is 6.10 Å². The van der Waals surface area contributed by atoms with Gasteiger partial charge >= 0.3 is 0 Å². The summed E-state index contributed by atoms with van der Waals surface area (Å²) in [6, 6.07) is 9.76. The smallest absolute Gasteiger partial charge is 0.220 e. The van der Waals surface area contributed by atoms with Crippen molar-refractivity contribution in [2.24, 2.45) is 9.98 Å². The van der Waals surface area contributed by atoms with Gasteiger partial charge in [-0.1, -0.05) is 24.3 Å². The first-order valence-corrected chi connectivity index (χ1v) is 7.70. The Hall–Kier alpha value is -2.67. The second-order valence-electron chi connectivity index (χ2n) is 5.70. The van der Waals surface area contributed by atoms with Crippen LogP contribution in [0.1, 0.15) is 23.6 Å². The summed E-state index contributed by atoms with van der Waals surface area (Å²) in [5.74, 6) is 2.18. The number of anilines is 1. The summed E-state index contributed by atoms with van der Waals surface area (Å²) in [5.41, 5.74) is 2.29. The number of aliphatic imine (C=N–C) groups is 2. The second kappa shape index (κ2) is 5.85. The normalized spacial score (nSPS) is 23.0. The molecule has 0 saturated heterocycles. The summed E-state index contributed by atoms with van der Waals surface area (Å²) in [6.07, 6.45) is 2.62. The van der Waals surface area contributed by atoms with Crippen LogP contribution in [0.3, 0.4) is 0 Å². The van der Waals surface area contributed by atoms with Crippen LogP contribution in [-0.2, 0) is 6.42 Å². The number of aromatic nitrogens is 2. The molecule has 0 unspecified atom stereocenters. The van der Waals surface area contributed by atoms with E-state index in [1.165, 1.54) is 5.56 Å².